The zero-order valence-corrected chi connectivity index (χ0v) is 10.3. The van der Waals surface area contributed by atoms with E-state index in [0.717, 1.165) is 5.56 Å². The molecule has 88 valence electrons. The third-order valence-corrected chi connectivity index (χ3v) is 2.78. The molecule has 0 fully saturated rings. The van der Waals surface area contributed by atoms with Gasteiger partial charge >= 0.3 is 5.97 Å². The zero-order valence-electron chi connectivity index (χ0n) is 8.80. The molecule has 0 bridgehead atoms. The van der Waals surface area contributed by atoms with E-state index in [9.17, 15) is 4.79 Å². The Hall–Kier alpha value is -0.930. The van der Waals surface area contributed by atoms with Crippen LogP contribution in [0.15, 0.2) is 12.1 Å². The summed E-state index contributed by atoms with van der Waals surface area (Å²) in [6.45, 7) is 0. The van der Waals surface area contributed by atoms with Crippen LogP contribution in [0, 0.1) is 0 Å². The Morgan fingerprint density at radius 2 is 2.12 bits per heavy atom. The second-order valence-corrected chi connectivity index (χ2v) is 4.14. The first-order chi connectivity index (χ1) is 7.54. The summed E-state index contributed by atoms with van der Waals surface area (Å²) in [5.41, 5.74) is 0.812. The van der Waals surface area contributed by atoms with Gasteiger partial charge in [0.1, 0.15) is 5.75 Å². The Morgan fingerprint density at radius 3 is 2.69 bits per heavy atom. The number of hydrogen-bond donors (Lipinski definition) is 1. The van der Waals surface area contributed by atoms with Gasteiger partial charge in [0, 0.05) is 17.5 Å². The summed E-state index contributed by atoms with van der Waals surface area (Å²) in [6.07, 6.45) is 1.21. The first kappa shape index (κ1) is 13.1. The summed E-state index contributed by atoms with van der Waals surface area (Å²) < 4.78 is 5.06. The lowest BCUT2D eigenvalue weighted by Crippen LogP contribution is -1.97. The summed E-state index contributed by atoms with van der Waals surface area (Å²) in [7, 11) is 1.51. The van der Waals surface area contributed by atoms with Crippen molar-refractivity contribution in [3.8, 4) is 5.75 Å². The molecular formula is C11H12Cl2O3. The number of hydrogen-bond acceptors (Lipinski definition) is 2. The summed E-state index contributed by atoms with van der Waals surface area (Å²) >= 11 is 12.0. The van der Waals surface area contributed by atoms with Gasteiger partial charge in [-0.2, -0.15) is 0 Å². The minimum atomic E-state index is -0.815. The Balaban J connectivity index is 2.78. The van der Waals surface area contributed by atoms with Crippen LogP contribution in [0.5, 0.6) is 5.75 Å². The molecule has 0 heterocycles. The van der Waals surface area contributed by atoms with Crippen molar-refractivity contribution in [2.45, 2.75) is 19.3 Å². The molecule has 0 saturated heterocycles. The van der Waals surface area contributed by atoms with Crippen molar-refractivity contribution < 1.29 is 14.6 Å². The Morgan fingerprint density at radius 1 is 1.44 bits per heavy atom. The topological polar surface area (TPSA) is 46.5 Å². The van der Waals surface area contributed by atoms with Gasteiger partial charge in [0.05, 0.1) is 12.1 Å². The molecule has 0 amide bonds. The predicted molar refractivity (Wildman–Crippen MR) is 63.6 cm³/mol. The van der Waals surface area contributed by atoms with Crippen molar-refractivity contribution in [1.29, 1.82) is 0 Å². The number of carboxylic acid groups (broad SMARTS) is 1. The Kier molecular flexibility index (Phi) is 4.90. The minimum Gasteiger partial charge on any atom is -0.495 e. The first-order valence-corrected chi connectivity index (χ1v) is 5.54. The van der Waals surface area contributed by atoms with Crippen LogP contribution >= 0.6 is 23.2 Å². The van der Waals surface area contributed by atoms with Crippen molar-refractivity contribution in [3.05, 3.63) is 27.7 Å². The molecule has 0 atom stereocenters. The SMILES string of the molecule is COc1cc(Cl)cc(CCCC(=O)O)c1Cl. The molecule has 1 aromatic carbocycles. The van der Waals surface area contributed by atoms with Crippen LogP contribution in [0.3, 0.4) is 0 Å². The van der Waals surface area contributed by atoms with Gasteiger partial charge < -0.3 is 9.84 Å². The molecule has 1 rings (SSSR count). The van der Waals surface area contributed by atoms with E-state index in [4.69, 9.17) is 33.0 Å². The molecular weight excluding hydrogens is 251 g/mol. The van der Waals surface area contributed by atoms with Crippen molar-refractivity contribution >= 4 is 29.2 Å². The number of carboxylic acids is 1. The maximum Gasteiger partial charge on any atom is 0.303 e. The zero-order chi connectivity index (χ0) is 12.1. The van der Waals surface area contributed by atoms with Crippen LogP contribution in [-0.2, 0) is 11.2 Å². The smallest absolute Gasteiger partial charge is 0.303 e. The van der Waals surface area contributed by atoms with Gasteiger partial charge in [-0.1, -0.05) is 23.2 Å². The lowest BCUT2D eigenvalue weighted by molar-refractivity contribution is -0.137. The van der Waals surface area contributed by atoms with Gasteiger partial charge in [-0.25, -0.2) is 0 Å². The fourth-order valence-electron chi connectivity index (χ4n) is 1.38. The normalized spacial score (nSPS) is 10.2. The van der Waals surface area contributed by atoms with Crippen LogP contribution in [0.2, 0.25) is 10.0 Å². The van der Waals surface area contributed by atoms with E-state index >= 15 is 0 Å². The third kappa shape index (κ3) is 3.58. The average Bonchev–Trinajstić information content (AvgIpc) is 2.22. The maximum atomic E-state index is 10.4. The molecule has 0 spiro atoms. The van der Waals surface area contributed by atoms with Crippen LogP contribution in [-0.4, -0.2) is 18.2 Å². The molecule has 1 N–H and O–H groups in total. The average molecular weight is 263 g/mol. The molecule has 0 radical (unpaired) electrons. The fourth-order valence-corrected chi connectivity index (χ4v) is 1.89. The quantitative estimate of drug-likeness (QED) is 0.885. The molecule has 0 aliphatic heterocycles. The van der Waals surface area contributed by atoms with Crippen LogP contribution in [0.4, 0.5) is 0 Å². The summed E-state index contributed by atoms with van der Waals surface area (Å²) in [5.74, 6) is -0.301. The lowest BCUT2D eigenvalue weighted by atomic mass is 10.1. The standard InChI is InChI=1S/C11H12Cl2O3/c1-16-9-6-8(12)5-7(11(9)13)3-2-4-10(14)15/h5-6H,2-4H2,1H3,(H,14,15). The molecule has 1 aromatic rings. The van der Waals surface area contributed by atoms with E-state index in [0.29, 0.717) is 28.6 Å². The summed E-state index contributed by atoms with van der Waals surface area (Å²) in [4.78, 5) is 10.4. The van der Waals surface area contributed by atoms with E-state index < -0.39 is 5.97 Å². The number of halogens is 2. The van der Waals surface area contributed by atoms with Crippen molar-refractivity contribution in [3.63, 3.8) is 0 Å². The molecule has 0 unspecified atom stereocenters. The molecule has 3 nitrogen and oxygen atoms in total. The highest BCUT2D eigenvalue weighted by atomic mass is 35.5. The van der Waals surface area contributed by atoms with Gasteiger partial charge in [0.2, 0.25) is 0 Å². The molecule has 0 aliphatic rings. The number of carbonyl (C=O) groups is 1. The maximum absolute atomic E-state index is 10.4. The first-order valence-electron chi connectivity index (χ1n) is 4.78. The third-order valence-electron chi connectivity index (χ3n) is 2.14. The number of aryl methyl sites for hydroxylation is 1. The number of aliphatic carboxylic acids is 1. The van der Waals surface area contributed by atoms with Crippen LogP contribution < -0.4 is 4.74 Å². The van der Waals surface area contributed by atoms with Crippen molar-refractivity contribution in [1.82, 2.24) is 0 Å². The second-order valence-electron chi connectivity index (χ2n) is 3.33. The van der Waals surface area contributed by atoms with Gasteiger partial charge in [-0.05, 0) is 24.5 Å². The van der Waals surface area contributed by atoms with Gasteiger partial charge in [-0.3, -0.25) is 4.79 Å². The number of methoxy groups -OCH3 is 1. The van der Waals surface area contributed by atoms with Gasteiger partial charge in [0.15, 0.2) is 0 Å². The van der Waals surface area contributed by atoms with E-state index in [2.05, 4.69) is 0 Å². The summed E-state index contributed by atoms with van der Waals surface area (Å²) in [5, 5.41) is 9.56. The van der Waals surface area contributed by atoms with Crippen molar-refractivity contribution in [2.24, 2.45) is 0 Å². The Bertz CT molecular complexity index is 391. The number of ether oxygens (including phenoxy) is 1. The highest BCUT2D eigenvalue weighted by Gasteiger charge is 2.09. The predicted octanol–water partition coefficient (Wildman–Crippen LogP) is 3.41. The van der Waals surface area contributed by atoms with E-state index in [-0.39, 0.29) is 6.42 Å². The summed E-state index contributed by atoms with van der Waals surface area (Å²) in [6, 6.07) is 3.36. The highest BCUT2D eigenvalue weighted by Crippen LogP contribution is 2.32. The molecule has 16 heavy (non-hydrogen) atoms. The largest absolute Gasteiger partial charge is 0.495 e. The number of benzene rings is 1. The minimum absolute atomic E-state index is 0.116. The van der Waals surface area contributed by atoms with Crippen LogP contribution in [0.1, 0.15) is 18.4 Å². The van der Waals surface area contributed by atoms with E-state index in [1.165, 1.54) is 7.11 Å². The monoisotopic (exact) mass is 262 g/mol. The van der Waals surface area contributed by atoms with E-state index in [1.807, 2.05) is 0 Å². The Labute approximate surface area is 104 Å². The number of rotatable bonds is 5. The second kappa shape index (κ2) is 5.97. The molecule has 0 aliphatic carbocycles. The van der Waals surface area contributed by atoms with Crippen molar-refractivity contribution in [2.75, 3.05) is 7.11 Å². The fraction of sp³-hybridized carbons (Fsp3) is 0.364. The van der Waals surface area contributed by atoms with Gasteiger partial charge in [-0.15, -0.1) is 0 Å². The van der Waals surface area contributed by atoms with E-state index in [1.54, 1.807) is 12.1 Å². The molecule has 5 heteroatoms. The lowest BCUT2D eigenvalue weighted by Gasteiger charge is -2.09. The molecule has 0 saturated carbocycles. The molecule has 0 aromatic heterocycles. The van der Waals surface area contributed by atoms with Crippen LogP contribution in [0.25, 0.3) is 0 Å². The van der Waals surface area contributed by atoms with Gasteiger partial charge in [0.25, 0.3) is 0 Å². The highest BCUT2D eigenvalue weighted by molar-refractivity contribution is 6.34.